The number of rotatable bonds is 5. The van der Waals surface area contributed by atoms with Gasteiger partial charge in [0.2, 0.25) is 0 Å². The van der Waals surface area contributed by atoms with Crippen LogP contribution in [-0.2, 0) is 9.53 Å². The number of nitrogens with zero attached hydrogens (tertiary/aromatic N) is 1. The molecule has 7 nitrogen and oxygen atoms in total. The molecule has 0 radical (unpaired) electrons. The highest BCUT2D eigenvalue weighted by atomic mass is 16.5. The van der Waals surface area contributed by atoms with Gasteiger partial charge < -0.3 is 19.8 Å². The summed E-state index contributed by atoms with van der Waals surface area (Å²) in [6.45, 7) is 4.49. The lowest BCUT2D eigenvalue weighted by Gasteiger charge is -2.29. The molecule has 0 saturated carbocycles. The van der Waals surface area contributed by atoms with Crippen LogP contribution in [0.1, 0.15) is 31.6 Å². The maximum absolute atomic E-state index is 12.5. The molecule has 2 aliphatic heterocycles. The van der Waals surface area contributed by atoms with Crippen LogP contribution in [0.25, 0.3) is 0 Å². The lowest BCUT2D eigenvalue weighted by atomic mass is 10.00. The van der Waals surface area contributed by atoms with Gasteiger partial charge in [-0.2, -0.15) is 0 Å². The normalized spacial score (nSPS) is 22.0. The van der Waals surface area contributed by atoms with Gasteiger partial charge in [0.15, 0.2) is 0 Å². The number of furan rings is 1. The number of hydrogen-bond acceptors (Lipinski definition) is 5. The van der Waals surface area contributed by atoms with Crippen molar-refractivity contribution < 1.29 is 18.7 Å². The van der Waals surface area contributed by atoms with E-state index in [0.717, 1.165) is 25.9 Å². The molecule has 1 aromatic rings. The molecule has 7 heteroatoms. The predicted molar refractivity (Wildman–Crippen MR) is 82.4 cm³/mol. The van der Waals surface area contributed by atoms with Crippen molar-refractivity contribution in [2.24, 2.45) is 0 Å². The summed E-state index contributed by atoms with van der Waals surface area (Å²) in [7, 11) is 0. The Morgan fingerprint density at radius 3 is 2.87 bits per heavy atom. The highest BCUT2D eigenvalue weighted by Gasteiger charge is 2.35. The summed E-state index contributed by atoms with van der Waals surface area (Å²) in [6, 6.07) is 2.50. The van der Waals surface area contributed by atoms with E-state index in [9.17, 15) is 9.59 Å². The average Bonchev–Trinajstić information content (AvgIpc) is 3.20. The average molecular weight is 319 g/mol. The van der Waals surface area contributed by atoms with Gasteiger partial charge in [-0.1, -0.05) is 0 Å². The minimum Gasteiger partial charge on any atom is -0.467 e. The van der Waals surface area contributed by atoms with Crippen LogP contribution in [0.2, 0.25) is 0 Å². The lowest BCUT2D eigenvalue weighted by molar-refractivity contribution is -0.139. The van der Waals surface area contributed by atoms with E-state index in [0.29, 0.717) is 23.6 Å². The number of carbonyl (C=O) groups is 2. The largest absolute Gasteiger partial charge is 0.467 e. The number of carbonyl (C=O) groups excluding carboxylic acids is 2. The zero-order valence-corrected chi connectivity index (χ0v) is 13.1. The third-order valence-corrected chi connectivity index (χ3v) is 4.06. The summed E-state index contributed by atoms with van der Waals surface area (Å²) in [6.07, 6.45) is 3.79. The van der Waals surface area contributed by atoms with Gasteiger partial charge in [-0.15, -0.1) is 0 Å². The van der Waals surface area contributed by atoms with Crippen molar-refractivity contribution in [2.75, 3.05) is 26.2 Å². The minimum atomic E-state index is -0.629. The first-order chi connectivity index (χ1) is 11.2. The number of urea groups is 1. The molecule has 0 bridgehead atoms. The molecule has 2 N–H and O–H groups in total. The van der Waals surface area contributed by atoms with Gasteiger partial charge in [-0.3, -0.25) is 4.90 Å². The fraction of sp³-hybridized carbons (Fsp3) is 0.500. The topological polar surface area (TPSA) is 83.8 Å². The van der Waals surface area contributed by atoms with E-state index in [-0.39, 0.29) is 12.6 Å². The fourth-order valence-electron chi connectivity index (χ4n) is 3.03. The van der Waals surface area contributed by atoms with Gasteiger partial charge in [0.25, 0.3) is 0 Å². The van der Waals surface area contributed by atoms with Crippen LogP contribution in [0.5, 0.6) is 0 Å². The molecular formula is C16H21N3O4. The Bertz CT molecular complexity index is 603. The molecule has 0 unspecified atom stereocenters. The summed E-state index contributed by atoms with van der Waals surface area (Å²) in [4.78, 5) is 26.7. The van der Waals surface area contributed by atoms with Crippen molar-refractivity contribution in [3.63, 3.8) is 0 Å². The third-order valence-electron chi connectivity index (χ3n) is 4.06. The van der Waals surface area contributed by atoms with Crippen molar-refractivity contribution in [3.8, 4) is 0 Å². The second-order valence-corrected chi connectivity index (χ2v) is 5.64. The Kier molecular flexibility index (Phi) is 4.66. The van der Waals surface area contributed by atoms with Gasteiger partial charge >= 0.3 is 12.0 Å². The number of amides is 2. The monoisotopic (exact) mass is 319 g/mol. The van der Waals surface area contributed by atoms with Gasteiger partial charge in [-0.05, 0) is 45.0 Å². The highest BCUT2D eigenvalue weighted by Crippen LogP contribution is 2.28. The third kappa shape index (κ3) is 3.39. The smallest absolute Gasteiger partial charge is 0.338 e. The van der Waals surface area contributed by atoms with E-state index in [4.69, 9.17) is 9.15 Å². The summed E-state index contributed by atoms with van der Waals surface area (Å²) in [5, 5.41) is 5.51. The van der Waals surface area contributed by atoms with E-state index < -0.39 is 12.0 Å². The first kappa shape index (κ1) is 15.6. The molecule has 3 rings (SSSR count). The summed E-state index contributed by atoms with van der Waals surface area (Å²) in [5.74, 6) is 0.0809. The van der Waals surface area contributed by atoms with Crippen LogP contribution < -0.4 is 10.6 Å². The van der Waals surface area contributed by atoms with Crippen molar-refractivity contribution in [1.29, 1.82) is 0 Å². The van der Waals surface area contributed by atoms with Gasteiger partial charge in [0.1, 0.15) is 11.8 Å². The Balaban J connectivity index is 1.96. The minimum absolute atomic E-state index is 0.276. The maximum Gasteiger partial charge on any atom is 0.338 e. The Labute approximate surface area is 134 Å². The number of hydrogen-bond donors (Lipinski definition) is 2. The highest BCUT2D eigenvalue weighted by molar-refractivity contribution is 5.95. The molecular weight excluding hydrogens is 298 g/mol. The molecule has 0 aromatic carbocycles. The van der Waals surface area contributed by atoms with Crippen molar-refractivity contribution in [2.45, 2.75) is 25.8 Å². The van der Waals surface area contributed by atoms with E-state index in [1.54, 1.807) is 19.1 Å². The quantitative estimate of drug-likeness (QED) is 0.805. The lowest BCUT2D eigenvalue weighted by Crippen LogP contribution is -2.48. The number of ether oxygens (including phenoxy) is 1. The number of nitrogens with one attached hydrogen (secondary N) is 2. The molecule has 1 aromatic heterocycles. The molecule has 0 spiro atoms. The van der Waals surface area contributed by atoms with E-state index in [2.05, 4.69) is 15.5 Å². The number of esters is 1. The van der Waals surface area contributed by atoms with E-state index in [1.165, 1.54) is 6.26 Å². The molecule has 2 aliphatic rings. The fourth-order valence-corrected chi connectivity index (χ4v) is 3.03. The zero-order chi connectivity index (χ0) is 16.2. The first-order valence-corrected chi connectivity index (χ1v) is 7.92. The SMILES string of the molecule is CCOC(=O)C1=C(CN2CCCC2)NC(=O)N[C@H]1c1ccco1. The second kappa shape index (κ2) is 6.87. The standard InChI is InChI=1S/C16H21N3O4/c1-2-22-15(20)13-11(10-19-7-3-4-8-19)17-16(21)18-14(13)12-6-5-9-23-12/h5-6,9,14H,2-4,7-8,10H2,1H3,(H2,17,18,21)/t14-/m0/s1. The summed E-state index contributed by atoms with van der Waals surface area (Å²) in [5.41, 5.74) is 1.00. The molecule has 0 aliphatic carbocycles. The maximum atomic E-state index is 12.5. The Morgan fingerprint density at radius 1 is 1.43 bits per heavy atom. The summed E-state index contributed by atoms with van der Waals surface area (Å²) < 4.78 is 10.6. The Morgan fingerprint density at radius 2 is 2.22 bits per heavy atom. The molecule has 2 amide bonds. The molecule has 1 fully saturated rings. The van der Waals surface area contributed by atoms with E-state index in [1.807, 2.05) is 0 Å². The van der Waals surface area contributed by atoms with Crippen LogP contribution >= 0.6 is 0 Å². The van der Waals surface area contributed by atoms with E-state index >= 15 is 0 Å². The van der Waals surface area contributed by atoms with Crippen LogP contribution in [-0.4, -0.2) is 43.1 Å². The molecule has 3 heterocycles. The van der Waals surface area contributed by atoms with Gasteiger partial charge in [0.05, 0.1) is 18.4 Å². The van der Waals surface area contributed by atoms with Crippen molar-refractivity contribution in [3.05, 3.63) is 35.4 Å². The van der Waals surface area contributed by atoms with Crippen LogP contribution in [0, 0.1) is 0 Å². The van der Waals surface area contributed by atoms with Crippen molar-refractivity contribution >= 4 is 12.0 Å². The first-order valence-electron chi connectivity index (χ1n) is 7.92. The zero-order valence-electron chi connectivity index (χ0n) is 13.1. The molecule has 1 atom stereocenters. The summed E-state index contributed by atoms with van der Waals surface area (Å²) >= 11 is 0. The Hall–Kier alpha value is -2.28. The van der Waals surface area contributed by atoms with Crippen molar-refractivity contribution in [1.82, 2.24) is 15.5 Å². The number of likely N-dealkylation sites (tertiary alicyclic amines) is 1. The molecule has 124 valence electrons. The van der Waals surface area contributed by atoms with Crippen LogP contribution in [0.3, 0.4) is 0 Å². The predicted octanol–water partition coefficient (Wildman–Crippen LogP) is 1.55. The van der Waals surface area contributed by atoms with Gasteiger partial charge in [0, 0.05) is 12.2 Å². The van der Waals surface area contributed by atoms with Gasteiger partial charge in [-0.25, -0.2) is 9.59 Å². The molecule has 23 heavy (non-hydrogen) atoms. The van der Waals surface area contributed by atoms with Crippen LogP contribution in [0.15, 0.2) is 34.1 Å². The second-order valence-electron chi connectivity index (χ2n) is 5.64. The molecule has 1 saturated heterocycles. The van der Waals surface area contributed by atoms with Crippen LogP contribution in [0.4, 0.5) is 4.79 Å².